The molecule has 6 heteroatoms. The molecule has 0 aliphatic rings. The average molecular weight is 399 g/mol. The largest absolute Gasteiger partial charge is 0.351 e. The minimum atomic E-state index is -0.491. The number of benzene rings is 2. The Kier molecular flexibility index (Phi) is 7.79. The summed E-state index contributed by atoms with van der Waals surface area (Å²) in [6.45, 7) is 4.51. The molecule has 1 atom stereocenters. The van der Waals surface area contributed by atoms with E-state index in [2.05, 4.69) is 19.2 Å². The van der Waals surface area contributed by atoms with Crippen molar-refractivity contribution in [3.8, 4) is 16.9 Å². The van der Waals surface area contributed by atoms with Gasteiger partial charge in [-0.2, -0.15) is 5.10 Å². The lowest BCUT2D eigenvalue weighted by atomic mass is 10.0. The van der Waals surface area contributed by atoms with Gasteiger partial charge in [0.05, 0.1) is 17.4 Å². The van der Waals surface area contributed by atoms with Gasteiger partial charge in [0.1, 0.15) is 0 Å². The SMILES string of the molecule is CC(C)C[C@H](N)C(=O)NCc1cn(-c2ccccc2)nc1-c1ccccc1.Cl. The van der Waals surface area contributed by atoms with Crippen LogP contribution in [0.3, 0.4) is 0 Å². The van der Waals surface area contributed by atoms with E-state index in [0.29, 0.717) is 18.9 Å². The zero-order valence-corrected chi connectivity index (χ0v) is 17.0. The standard InChI is InChI=1S/C22H26N4O.ClH/c1-16(2)13-20(23)22(27)24-14-18-15-26(19-11-7-4-8-12-19)25-21(18)17-9-5-3-6-10-17;/h3-12,15-16,20H,13-14,23H2,1-2H3,(H,24,27);1H/t20-;/m0./s1. The third kappa shape index (κ3) is 5.44. The fourth-order valence-corrected chi connectivity index (χ4v) is 3.02. The monoisotopic (exact) mass is 398 g/mol. The Morgan fingerprint density at radius 2 is 1.68 bits per heavy atom. The van der Waals surface area contributed by atoms with Crippen LogP contribution in [0.2, 0.25) is 0 Å². The number of halogens is 1. The van der Waals surface area contributed by atoms with E-state index in [4.69, 9.17) is 10.8 Å². The van der Waals surface area contributed by atoms with Gasteiger partial charge in [0.15, 0.2) is 0 Å². The van der Waals surface area contributed by atoms with Crippen LogP contribution in [0.5, 0.6) is 0 Å². The predicted octanol–water partition coefficient (Wildman–Crippen LogP) is 3.95. The molecule has 0 unspecified atom stereocenters. The molecule has 28 heavy (non-hydrogen) atoms. The molecule has 1 heterocycles. The molecule has 1 amide bonds. The van der Waals surface area contributed by atoms with E-state index in [-0.39, 0.29) is 18.3 Å². The Balaban J connectivity index is 0.00000280. The van der Waals surface area contributed by atoms with Crippen molar-refractivity contribution in [1.29, 1.82) is 0 Å². The van der Waals surface area contributed by atoms with Crippen LogP contribution < -0.4 is 11.1 Å². The van der Waals surface area contributed by atoms with Gasteiger partial charge in [-0.3, -0.25) is 4.79 Å². The van der Waals surface area contributed by atoms with Gasteiger partial charge >= 0.3 is 0 Å². The number of rotatable bonds is 7. The predicted molar refractivity (Wildman–Crippen MR) is 116 cm³/mol. The molecule has 0 saturated carbocycles. The molecule has 3 N–H and O–H groups in total. The Morgan fingerprint density at radius 3 is 2.29 bits per heavy atom. The number of aromatic nitrogens is 2. The van der Waals surface area contributed by atoms with E-state index < -0.39 is 6.04 Å². The van der Waals surface area contributed by atoms with E-state index in [9.17, 15) is 4.79 Å². The first-order valence-corrected chi connectivity index (χ1v) is 9.27. The molecule has 3 aromatic rings. The quantitative estimate of drug-likeness (QED) is 0.632. The first kappa shape index (κ1) is 21.7. The highest BCUT2D eigenvalue weighted by Crippen LogP contribution is 2.23. The van der Waals surface area contributed by atoms with Crippen LogP contribution in [0.25, 0.3) is 16.9 Å². The van der Waals surface area contributed by atoms with Gasteiger partial charge < -0.3 is 11.1 Å². The van der Waals surface area contributed by atoms with E-state index in [1.807, 2.05) is 71.5 Å². The second-order valence-electron chi connectivity index (χ2n) is 7.10. The molecule has 3 rings (SSSR count). The van der Waals surface area contributed by atoms with Crippen molar-refractivity contribution in [3.05, 3.63) is 72.4 Å². The summed E-state index contributed by atoms with van der Waals surface area (Å²) < 4.78 is 1.85. The van der Waals surface area contributed by atoms with Gasteiger partial charge in [-0.1, -0.05) is 62.4 Å². The number of carbonyl (C=O) groups excluding carboxylic acids is 1. The maximum Gasteiger partial charge on any atom is 0.237 e. The van der Waals surface area contributed by atoms with Crippen LogP contribution in [0.4, 0.5) is 0 Å². The van der Waals surface area contributed by atoms with Crippen molar-refractivity contribution in [2.24, 2.45) is 11.7 Å². The lowest BCUT2D eigenvalue weighted by molar-refractivity contribution is -0.122. The van der Waals surface area contributed by atoms with E-state index >= 15 is 0 Å². The zero-order valence-electron chi connectivity index (χ0n) is 16.2. The highest BCUT2D eigenvalue weighted by Gasteiger charge is 2.17. The second-order valence-corrected chi connectivity index (χ2v) is 7.10. The summed E-state index contributed by atoms with van der Waals surface area (Å²) in [5.41, 5.74) is 9.80. The summed E-state index contributed by atoms with van der Waals surface area (Å²) in [5.74, 6) is 0.252. The molecule has 148 valence electrons. The molecule has 0 spiro atoms. The van der Waals surface area contributed by atoms with Crippen LogP contribution in [0.1, 0.15) is 25.8 Å². The minimum Gasteiger partial charge on any atom is -0.351 e. The molecule has 2 aromatic carbocycles. The molecule has 0 aliphatic heterocycles. The number of nitrogens with zero attached hydrogens (tertiary/aromatic N) is 2. The number of hydrogen-bond donors (Lipinski definition) is 2. The third-order valence-corrected chi connectivity index (χ3v) is 4.37. The number of nitrogens with one attached hydrogen (secondary N) is 1. The third-order valence-electron chi connectivity index (χ3n) is 4.37. The van der Waals surface area contributed by atoms with Gasteiger partial charge in [-0.15, -0.1) is 12.4 Å². The summed E-state index contributed by atoms with van der Waals surface area (Å²) in [6, 6.07) is 19.4. The Labute approximate surface area is 172 Å². The number of nitrogens with two attached hydrogens (primary N) is 1. The topological polar surface area (TPSA) is 72.9 Å². The summed E-state index contributed by atoms with van der Waals surface area (Å²) >= 11 is 0. The number of hydrogen-bond acceptors (Lipinski definition) is 3. The molecule has 0 saturated heterocycles. The summed E-state index contributed by atoms with van der Waals surface area (Å²) in [4.78, 5) is 12.3. The molecule has 0 aliphatic carbocycles. The lowest BCUT2D eigenvalue weighted by Crippen LogP contribution is -2.41. The molecular weight excluding hydrogens is 372 g/mol. The lowest BCUT2D eigenvalue weighted by Gasteiger charge is -2.14. The van der Waals surface area contributed by atoms with Crippen LogP contribution in [0.15, 0.2) is 66.9 Å². The maximum absolute atomic E-state index is 12.3. The van der Waals surface area contributed by atoms with Gasteiger partial charge in [0, 0.05) is 23.9 Å². The van der Waals surface area contributed by atoms with Crippen molar-refractivity contribution < 1.29 is 4.79 Å². The van der Waals surface area contributed by atoms with Gasteiger partial charge in [-0.05, 0) is 24.5 Å². The van der Waals surface area contributed by atoms with Gasteiger partial charge in [0.25, 0.3) is 0 Å². The van der Waals surface area contributed by atoms with Crippen molar-refractivity contribution >= 4 is 18.3 Å². The van der Waals surface area contributed by atoms with Crippen LogP contribution in [-0.4, -0.2) is 21.7 Å². The fraction of sp³-hybridized carbons (Fsp3) is 0.273. The number of amides is 1. The molecular formula is C22H27ClN4O. The van der Waals surface area contributed by atoms with Crippen molar-refractivity contribution in [1.82, 2.24) is 15.1 Å². The average Bonchev–Trinajstić information content (AvgIpc) is 3.11. The van der Waals surface area contributed by atoms with Gasteiger partial charge in [0.2, 0.25) is 5.91 Å². The Morgan fingerprint density at radius 1 is 1.07 bits per heavy atom. The minimum absolute atomic E-state index is 0. The van der Waals surface area contributed by atoms with Crippen LogP contribution in [0, 0.1) is 5.92 Å². The highest BCUT2D eigenvalue weighted by atomic mass is 35.5. The van der Waals surface area contributed by atoms with E-state index in [0.717, 1.165) is 22.5 Å². The van der Waals surface area contributed by atoms with E-state index in [1.54, 1.807) is 0 Å². The second kappa shape index (κ2) is 10.1. The molecule has 1 aromatic heterocycles. The zero-order chi connectivity index (χ0) is 19.2. The first-order chi connectivity index (χ1) is 13.0. The first-order valence-electron chi connectivity index (χ1n) is 9.27. The summed E-state index contributed by atoms with van der Waals surface area (Å²) in [7, 11) is 0. The maximum atomic E-state index is 12.3. The fourth-order valence-electron chi connectivity index (χ4n) is 3.02. The van der Waals surface area contributed by atoms with Crippen molar-refractivity contribution in [3.63, 3.8) is 0 Å². The Hall–Kier alpha value is -2.63. The summed E-state index contributed by atoms with van der Waals surface area (Å²) in [6.07, 6.45) is 2.63. The number of carbonyl (C=O) groups is 1. The molecule has 5 nitrogen and oxygen atoms in total. The summed E-state index contributed by atoms with van der Waals surface area (Å²) in [5, 5.41) is 7.72. The Bertz CT molecular complexity index is 878. The van der Waals surface area contributed by atoms with Crippen molar-refractivity contribution in [2.75, 3.05) is 0 Å². The smallest absolute Gasteiger partial charge is 0.237 e. The molecule has 0 bridgehead atoms. The van der Waals surface area contributed by atoms with E-state index in [1.165, 1.54) is 0 Å². The molecule has 0 fully saturated rings. The highest BCUT2D eigenvalue weighted by molar-refractivity contribution is 5.85. The van der Waals surface area contributed by atoms with Crippen LogP contribution >= 0.6 is 12.4 Å². The molecule has 0 radical (unpaired) electrons. The van der Waals surface area contributed by atoms with Gasteiger partial charge in [-0.25, -0.2) is 4.68 Å². The normalized spacial score (nSPS) is 11.7. The van der Waals surface area contributed by atoms with Crippen LogP contribution in [-0.2, 0) is 11.3 Å². The van der Waals surface area contributed by atoms with Crippen molar-refractivity contribution in [2.45, 2.75) is 32.9 Å². The number of para-hydroxylation sites is 1.